The van der Waals surface area contributed by atoms with Crippen molar-refractivity contribution in [2.24, 2.45) is 4.40 Å². The summed E-state index contributed by atoms with van der Waals surface area (Å²) in [5.41, 5.74) is 0. The molecule has 1 heterocycles. The first-order valence-corrected chi connectivity index (χ1v) is 5.54. The summed E-state index contributed by atoms with van der Waals surface area (Å²) in [7, 11) is -3.49. The average molecular weight is 225 g/mol. The summed E-state index contributed by atoms with van der Waals surface area (Å²) in [4.78, 5) is 0. The number of allylic oxidation sites excluding steroid dienone is 1. The van der Waals surface area contributed by atoms with Crippen molar-refractivity contribution in [3.8, 4) is 11.5 Å². The molecule has 78 valence electrons. The molecular weight excluding hydrogens is 218 g/mol. The summed E-state index contributed by atoms with van der Waals surface area (Å²) in [6, 6.07) is 5.93. The number of hydrogen-bond donors (Lipinski definition) is 1. The molecule has 0 saturated carbocycles. The van der Waals surface area contributed by atoms with Gasteiger partial charge >= 0.3 is 0 Å². The van der Waals surface area contributed by atoms with Crippen LogP contribution in [0, 0.1) is 0 Å². The van der Waals surface area contributed by atoms with Crippen LogP contribution in [0.15, 0.2) is 39.8 Å². The maximum absolute atomic E-state index is 10.9. The van der Waals surface area contributed by atoms with E-state index in [1.54, 1.807) is 0 Å². The highest BCUT2D eigenvalue weighted by atomic mass is 32.2. The van der Waals surface area contributed by atoms with Crippen LogP contribution in [-0.2, 0) is 10.0 Å². The maximum Gasteiger partial charge on any atom is 0.279 e. The third-order valence-corrected chi connectivity index (χ3v) is 2.59. The first-order valence-electron chi connectivity index (χ1n) is 4.04. The minimum Gasteiger partial charge on any atom is -0.508 e. The van der Waals surface area contributed by atoms with Crippen molar-refractivity contribution in [1.29, 1.82) is 0 Å². The zero-order valence-electron chi connectivity index (χ0n) is 7.49. The number of phenols is 1. The molecule has 0 amide bonds. The third kappa shape index (κ3) is 2.35. The van der Waals surface area contributed by atoms with Crippen molar-refractivity contribution in [3.63, 3.8) is 0 Å². The molecule has 1 N–H and O–H groups in total. The summed E-state index contributed by atoms with van der Waals surface area (Å²) in [5.74, 6) is 0.701. The van der Waals surface area contributed by atoms with Crippen molar-refractivity contribution < 1.29 is 18.3 Å². The Morgan fingerprint density at radius 1 is 1.20 bits per heavy atom. The quantitative estimate of drug-likeness (QED) is 0.815. The number of ether oxygens (including phenoxy) is 1. The van der Waals surface area contributed by atoms with Gasteiger partial charge < -0.3 is 9.84 Å². The van der Waals surface area contributed by atoms with Crippen molar-refractivity contribution in [2.45, 2.75) is 0 Å². The Morgan fingerprint density at radius 3 is 2.40 bits per heavy atom. The van der Waals surface area contributed by atoms with E-state index in [1.807, 2.05) is 0 Å². The van der Waals surface area contributed by atoms with Crippen LogP contribution < -0.4 is 4.74 Å². The summed E-state index contributed by atoms with van der Waals surface area (Å²) in [6.07, 6.45) is 1.13. The maximum atomic E-state index is 10.9. The number of phenolic OH excluding ortho intramolecular Hbond substituents is 1. The Kier molecular flexibility index (Phi) is 2.20. The molecule has 0 saturated heterocycles. The largest absolute Gasteiger partial charge is 0.508 e. The molecule has 0 spiro atoms. The molecule has 0 atom stereocenters. The first kappa shape index (κ1) is 9.72. The second-order valence-electron chi connectivity index (χ2n) is 2.87. The second kappa shape index (κ2) is 3.39. The smallest absolute Gasteiger partial charge is 0.279 e. The minimum absolute atomic E-state index is 0.115. The Morgan fingerprint density at radius 2 is 1.87 bits per heavy atom. The Labute approximate surface area is 86.4 Å². The molecule has 6 heteroatoms. The van der Waals surface area contributed by atoms with Crippen molar-refractivity contribution in [1.82, 2.24) is 0 Å². The molecule has 1 aliphatic heterocycles. The van der Waals surface area contributed by atoms with E-state index in [1.165, 1.54) is 24.3 Å². The predicted molar refractivity (Wildman–Crippen MR) is 54.2 cm³/mol. The van der Waals surface area contributed by atoms with Gasteiger partial charge in [-0.2, -0.15) is 12.8 Å². The lowest BCUT2D eigenvalue weighted by molar-refractivity contribution is 0.451. The molecule has 1 aliphatic rings. The molecule has 0 fully saturated rings. The Hall–Kier alpha value is -1.82. The lowest BCUT2D eigenvalue weighted by Crippen LogP contribution is -1.93. The average Bonchev–Trinajstić information content (AvgIpc) is 2.50. The second-order valence-corrected chi connectivity index (χ2v) is 4.34. The van der Waals surface area contributed by atoms with Crippen molar-refractivity contribution in [2.75, 3.05) is 0 Å². The van der Waals surface area contributed by atoms with E-state index >= 15 is 0 Å². The first-order chi connectivity index (χ1) is 7.05. The van der Waals surface area contributed by atoms with Crippen LogP contribution >= 0.6 is 0 Å². The zero-order valence-corrected chi connectivity index (χ0v) is 8.31. The van der Waals surface area contributed by atoms with Crippen molar-refractivity contribution in [3.05, 3.63) is 35.4 Å². The van der Waals surface area contributed by atoms with Gasteiger partial charge in [-0.05, 0) is 24.3 Å². The summed E-state index contributed by atoms with van der Waals surface area (Å²) < 4.78 is 30.2. The van der Waals surface area contributed by atoms with Crippen LogP contribution in [-0.4, -0.2) is 19.7 Å². The van der Waals surface area contributed by atoms with Gasteiger partial charge in [-0.3, -0.25) is 0 Å². The highest BCUT2D eigenvalue weighted by Gasteiger charge is 2.14. The predicted octanol–water partition coefficient (Wildman–Crippen LogP) is 1.03. The topological polar surface area (TPSA) is 76.0 Å². The number of aromatic hydroxyl groups is 1. The molecule has 1 aromatic carbocycles. The molecule has 0 radical (unpaired) electrons. The van der Waals surface area contributed by atoms with Crippen molar-refractivity contribution >= 4 is 16.2 Å². The molecule has 0 aromatic heterocycles. The van der Waals surface area contributed by atoms with Gasteiger partial charge in [0.05, 0.1) is 11.6 Å². The van der Waals surface area contributed by atoms with Gasteiger partial charge in [-0.25, -0.2) is 0 Å². The SMILES string of the molecule is O=S1(=O)C=C(Oc2ccc(O)cc2)C=N1. The molecule has 0 unspecified atom stereocenters. The van der Waals surface area contributed by atoms with Crippen LogP contribution in [0.5, 0.6) is 11.5 Å². The highest BCUT2D eigenvalue weighted by Crippen LogP contribution is 2.19. The van der Waals surface area contributed by atoms with Crippen LogP contribution in [0.4, 0.5) is 0 Å². The lowest BCUT2D eigenvalue weighted by atomic mass is 10.3. The summed E-state index contributed by atoms with van der Waals surface area (Å²) in [5, 5.41) is 9.94. The van der Waals surface area contributed by atoms with Gasteiger partial charge in [0, 0.05) is 0 Å². The molecule has 0 aliphatic carbocycles. The van der Waals surface area contributed by atoms with Crippen LogP contribution in [0.3, 0.4) is 0 Å². The van der Waals surface area contributed by atoms with Gasteiger partial charge in [-0.1, -0.05) is 0 Å². The van der Waals surface area contributed by atoms with Crippen LogP contribution in [0.2, 0.25) is 0 Å². The molecule has 1 aromatic rings. The van der Waals surface area contributed by atoms with Gasteiger partial charge in [-0.15, -0.1) is 0 Å². The van der Waals surface area contributed by atoms with E-state index in [0.29, 0.717) is 5.75 Å². The lowest BCUT2D eigenvalue weighted by Gasteiger charge is -2.02. The van der Waals surface area contributed by atoms with Gasteiger partial charge in [0.2, 0.25) is 0 Å². The number of benzene rings is 1. The summed E-state index contributed by atoms with van der Waals surface area (Å²) >= 11 is 0. The number of sulfonamides is 1. The number of hydrogen-bond acceptors (Lipinski definition) is 4. The van der Waals surface area contributed by atoms with Gasteiger partial charge in [0.15, 0.2) is 5.76 Å². The normalized spacial score (nSPS) is 17.5. The fraction of sp³-hybridized carbons (Fsp3) is 0. The zero-order chi connectivity index (χ0) is 10.9. The monoisotopic (exact) mass is 225 g/mol. The number of nitrogens with zero attached hydrogens (tertiary/aromatic N) is 1. The fourth-order valence-electron chi connectivity index (χ4n) is 1.03. The van der Waals surface area contributed by atoms with Crippen LogP contribution in [0.1, 0.15) is 0 Å². The number of rotatable bonds is 2. The summed E-state index contributed by atoms with van der Waals surface area (Å²) in [6.45, 7) is 0. The molecule has 2 rings (SSSR count). The van der Waals surface area contributed by atoms with E-state index < -0.39 is 10.0 Å². The van der Waals surface area contributed by atoms with E-state index in [4.69, 9.17) is 9.84 Å². The molecule has 5 nitrogen and oxygen atoms in total. The van der Waals surface area contributed by atoms with Gasteiger partial charge in [0.1, 0.15) is 11.5 Å². The van der Waals surface area contributed by atoms with E-state index in [9.17, 15) is 8.42 Å². The van der Waals surface area contributed by atoms with E-state index in [0.717, 1.165) is 11.6 Å². The standard InChI is InChI=1S/C9H7NO4S/c11-7-1-3-8(4-2-7)14-9-5-10-15(12,13)6-9/h1-6,11H. The van der Waals surface area contributed by atoms with E-state index in [2.05, 4.69) is 4.40 Å². The Bertz CT molecular complexity index is 528. The fourth-order valence-corrected chi connectivity index (χ4v) is 1.75. The van der Waals surface area contributed by atoms with Gasteiger partial charge in [0.25, 0.3) is 10.0 Å². The molecular formula is C9H7NO4S. The van der Waals surface area contributed by atoms with E-state index in [-0.39, 0.29) is 11.5 Å². The highest BCUT2D eigenvalue weighted by molar-refractivity contribution is 7.93. The third-order valence-electron chi connectivity index (χ3n) is 1.66. The molecule has 0 bridgehead atoms. The Balaban J connectivity index is 2.18. The van der Waals surface area contributed by atoms with Crippen LogP contribution in [0.25, 0.3) is 0 Å². The minimum atomic E-state index is -3.49. The molecule has 15 heavy (non-hydrogen) atoms.